The van der Waals surface area contributed by atoms with Gasteiger partial charge in [-0.05, 0) is 66.8 Å². The number of aromatic nitrogens is 5. The molecule has 0 bridgehead atoms. The number of carbonyl (C=O) groups excluding carboxylic acids is 1. The lowest BCUT2D eigenvalue weighted by Crippen LogP contribution is -2.35. The summed E-state index contributed by atoms with van der Waals surface area (Å²) in [4.78, 5) is 17.3. The van der Waals surface area contributed by atoms with Crippen molar-refractivity contribution in [2.75, 3.05) is 11.9 Å². The first kappa shape index (κ1) is 22.4. The Hall–Kier alpha value is -3.77. The smallest absolute Gasteiger partial charge is 0.333 e. The van der Waals surface area contributed by atoms with Gasteiger partial charge in [0.1, 0.15) is 12.4 Å². The minimum absolute atomic E-state index is 0.142. The van der Waals surface area contributed by atoms with Gasteiger partial charge in [-0.1, -0.05) is 12.1 Å². The quantitative estimate of drug-likeness (QED) is 0.414. The maximum atomic E-state index is 13.1. The van der Waals surface area contributed by atoms with E-state index in [0.29, 0.717) is 30.4 Å². The van der Waals surface area contributed by atoms with Crippen LogP contribution in [-0.2, 0) is 34.1 Å². The van der Waals surface area contributed by atoms with Gasteiger partial charge in [-0.15, -0.1) is 0 Å². The molecule has 2 amide bonds. The van der Waals surface area contributed by atoms with Crippen LogP contribution in [0.25, 0.3) is 16.8 Å². The van der Waals surface area contributed by atoms with Crippen LogP contribution in [0.5, 0.6) is 0 Å². The number of fused-ring (bicyclic) bond motifs is 3. The van der Waals surface area contributed by atoms with Gasteiger partial charge in [-0.2, -0.15) is 18.6 Å². The number of anilines is 1. The fraction of sp³-hybridized carbons (Fsp3) is 0.360. The van der Waals surface area contributed by atoms with Gasteiger partial charge in [0, 0.05) is 17.8 Å². The highest BCUT2D eigenvalue weighted by atomic mass is 32.2. The molecular formula is C25H25N7O4S. The molecule has 3 aromatic heterocycles. The van der Waals surface area contributed by atoms with E-state index in [4.69, 9.17) is 4.74 Å². The molecule has 37 heavy (non-hydrogen) atoms. The number of benzene rings is 1. The van der Waals surface area contributed by atoms with E-state index in [9.17, 15) is 13.2 Å². The number of sulfonamides is 1. The van der Waals surface area contributed by atoms with Crippen molar-refractivity contribution in [3.8, 4) is 11.1 Å². The molecule has 1 fully saturated rings. The first-order valence-corrected chi connectivity index (χ1v) is 13.9. The van der Waals surface area contributed by atoms with Gasteiger partial charge in [0.25, 0.3) is 10.0 Å². The number of aryl methyl sites for hydroxylation is 1. The molecule has 12 heteroatoms. The second-order valence-corrected chi connectivity index (χ2v) is 11.4. The Balaban J connectivity index is 1.18. The minimum Gasteiger partial charge on any atom is -0.370 e. The standard InChI is InChI=1S/C25H25N7O4S/c33-25(30-37(34,35)22-13-20-24(16-4-5-16)36-11-10-31(20)29-22)28-23-18-3-1-2-15(18)6-7-19(23)17-8-9-32-21(12-17)26-14-27-32/h6-9,12-14,16,24H,1-5,10-11H2,(H2,28,30,33). The number of hydrogen-bond acceptors (Lipinski definition) is 7. The molecule has 1 unspecified atom stereocenters. The highest BCUT2D eigenvalue weighted by Gasteiger charge is 2.38. The molecule has 0 spiro atoms. The molecule has 7 rings (SSSR count). The van der Waals surface area contributed by atoms with Crippen molar-refractivity contribution in [1.82, 2.24) is 29.1 Å². The first-order valence-electron chi connectivity index (χ1n) is 12.4. The van der Waals surface area contributed by atoms with Crippen molar-refractivity contribution in [2.45, 2.75) is 49.8 Å². The van der Waals surface area contributed by atoms with Crippen molar-refractivity contribution >= 4 is 27.4 Å². The van der Waals surface area contributed by atoms with Crippen molar-refractivity contribution < 1.29 is 17.9 Å². The van der Waals surface area contributed by atoms with E-state index in [1.165, 1.54) is 12.4 Å². The molecular weight excluding hydrogens is 494 g/mol. The van der Waals surface area contributed by atoms with Gasteiger partial charge in [0.2, 0.25) is 0 Å². The highest BCUT2D eigenvalue weighted by molar-refractivity contribution is 7.90. The second-order valence-electron chi connectivity index (χ2n) is 9.78. The largest absolute Gasteiger partial charge is 0.370 e. The number of ether oxygens (including phenoxy) is 1. The Kier molecular flexibility index (Phi) is 5.08. The number of pyridine rings is 1. The summed E-state index contributed by atoms with van der Waals surface area (Å²) in [6, 6.07) is 8.50. The average molecular weight is 520 g/mol. The number of urea groups is 1. The van der Waals surface area contributed by atoms with E-state index >= 15 is 0 Å². The Morgan fingerprint density at radius 3 is 2.89 bits per heavy atom. The van der Waals surface area contributed by atoms with E-state index in [0.717, 1.165) is 60.1 Å². The molecule has 1 aromatic carbocycles. The van der Waals surface area contributed by atoms with Gasteiger partial charge in [0.15, 0.2) is 10.7 Å². The van der Waals surface area contributed by atoms with E-state index in [-0.39, 0.29) is 11.1 Å². The van der Waals surface area contributed by atoms with Gasteiger partial charge >= 0.3 is 6.03 Å². The molecule has 1 atom stereocenters. The van der Waals surface area contributed by atoms with Gasteiger partial charge in [0.05, 0.1) is 24.5 Å². The zero-order chi connectivity index (χ0) is 25.1. The van der Waals surface area contributed by atoms with Crippen LogP contribution in [0.1, 0.15) is 42.2 Å². The average Bonchev–Trinajstić information content (AvgIpc) is 3.26. The van der Waals surface area contributed by atoms with Crippen LogP contribution in [0.4, 0.5) is 10.5 Å². The van der Waals surface area contributed by atoms with Crippen LogP contribution in [0, 0.1) is 5.92 Å². The summed E-state index contributed by atoms with van der Waals surface area (Å²) < 4.78 is 37.7. The lowest BCUT2D eigenvalue weighted by molar-refractivity contribution is 0.00273. The minimum atomic E-state index is -4.19. The van der Waals surface area contributed by atoms with Crippen LogP contribution in [0.15, 0.2) is 47.9 Å². The number of rotatable bonds is 5. The molecule has 2 N–H and O–H groups in total. The normalized spacial score (nSPS) is 19.0. The van der Waals surface area contributed by atoms with E-state index in [1.807, 2.05) is 18.2 Å². The van der Waals surface area contributed by atoms with Crippen LogP contribution in [0.2, 0.25) is 0 Å². The Morgan fingerprint density at radius 2 is 2.03 bits per heavy atom. The van der Waals surface area contributed by atoms with Crippen molar-refractivity contribution in [1.29, 1.82) is 0 Å². The van der Waals surface area contributed by atoms with Gasteiger partial charge in [-0.3, -0.25) is 4.68 Å². The molecule has 4 aromatic rings. The number of hydrogen-bond donors (Lipinski definition) is 2. The molecule has 190 valence electrons. The van der Waals surface area contributed by atoms with Crippen LogP contribution in [0.3, 0.4) is 0 Å². The summed E-state index contributed by atoms with van der Waals surface area (Å²) >= 11 is 0. The molecule has 0 radical (unpaired) electrons. The molecule has 4 heterocycles. The summed E-state index contributed by atoms with van der Waals surface area (Å²) in [5.74, 6) is 0.401. The summed E-state index contributed by atoms with van der Waals surface area (Å²) in [5.41, 5.74) is 5.85. The third-order valence-corrected chi connectivity index (χ3v) is 8.55. The maximum absolute atomic E-state index is 13.1. The SMILES string of the molecule is O=C(Nc1c(-c2ccn3ncnc3c2)ccc2c1CCC2)NS(=O)(=O)c1cc2n(n1)CCOC2C1CC1. The number of amides is 2. The van der Waals surface area contributed by atoms with E-state index in [2.05, 4.69) is 31.3 Å². The fourth-order valence-electron chi connectivity index (χ4n) is 5.42. The molecule has 0 saturated heterocycles. The van der Waals surface area contributed by atoms with E-state index < -0.39 is 16.1 Å². The molecule has 1 aliphatic heterocycles. The van der Waals surface area contributed by atoms with Crippen molar-refractivity contribution in [3.05, 3.63) is 59.7 Å². The number of nitrogens with one attached hydrogen (secondary N) is 2. The predicted octanol–water partition coefficient (Wildman–Crippen LogP) is 3.07. The maximum Gasteiger partial charge on any atom is 0.333 e. The Morgan fingerprint density at radius 1 is 1.14 bits per heavy atom. The second kappa shape index (κ2) is 8.38. The van der Waals surface area contributed by atoms with Crippen LogP contribution >= 0.6 is 0 Å². The molecule has 2 aliphatic carbocycles. The summed E-state index contributed by atoms with van der Waals surface area (Å²) in [5, 5.41) is 11.1. The zero-order valence-corrected chi connectivity index (χ0v) is 20.7. The third kappa shape index (κ3) is 3.96. The summed E-state index contributed by atoms with van der Waals surface area (Å²) in [6.45, 7) is 0.974. The van der Waals surface area contributed by atoms with Crippen LogP contribution < -0.4 is 10.0 Å². The topological polar surface area (TPSA) is 133 Å². The zero-order valence-electron chi connectivity index (χ0n) is 19.9. The van der Waals surface area contributed by atoms with Crippen molar-refractivity contribution in [3.63, 3.8) is 0 Å². The molecule has 1 saturated carbocycles. The Labute approximate surface area is 212 Å². The monoisotopic (exact) mass is 519 g/mol. The molecule has 11 nitrogen and oxygen atoms in total. The first-order chi connectivity index (χ1) is 18.0. The van der Waals surface area contributed by atoms with Crippen LogP contribution in [-0.4, -0.2) is 45.4 Å². The highest BCUT2D eigenvalue weighted by Crippen LogP contribution is 2.45. The van der Waals surface area contributed by atoms with E-state index in [1.54, 1.807) is 15.4 Å². The van der Waals surface area contributed by atoms with Crippen molar-refractivity contribution in [2.24, 2.45) is 5.92 Å². The number of nitrogens with zero attached hydrogens (tertiary/aromatic N) is 5. The third-order valence-electron chi connectivity index (χ3n) is 7.35. The van der Waals surface area contributed by atoms with Gasteiger partial charge in [-0.25, -0.2) is 19.0 Å². The molecule has 3 aliphatic rings. The predicted molar refractivity (Wildman–Crippen MR) is 133 cm³/mol. The van der Waals surface area contributed by atoms with Gasteiger partial charge < -0.3 is 10.1 Å². The lowest BCUT2D eigenvalue weighted by Gasteiger charge is -2.23. The number of carbonyl (C=O) groups is 1. The summed E-state index contributed by atoms with van der Waals surface area (Å²) in [6.07, 6.45) is 7.95. The Bertz CT molecular complexity index is 1650. The lowest BCUT2D eigenvalue weighted by atomic mass is 9.98. The summed E-state index contributed by atoms with van der Waals surface area (Å²) in [7, 11) is -4.19. The fourth-order valence-corrected chi connectivity index (χ4v) is 6.30.